The summed E-state index contributed by atoms with van der Waals surface area (Å²) in [5, 5.41) is 4.75. The number of rotatable bonds is 4. The summed E-state index contributed by atoms with van der Waals surface area (Å²) < 4.78 is 0. The lowest BCUT2D eigenvalue weighted by Crippen LogP contribution is -2.66. The Morgan fingerprint density at radius 3 is 1.94 bits per heavy atom. The predicted molar refractivity (Wildman–Crippen MR) is 134 cm³/mol. The van der Waals surface area contributed by atoms with Crippen molar-refractivity contribution in [2.24, 2.45) is 0 Å². The summed E-state index contributed by atoms with van der Waals surface area (Å²) in [6.45, 7) is 3.34. The zero-order valence-electron chi connectivity index (χ0n) is 19.1. The fourth-order valence-electron chi connectivity index (χ4n) is 5.48. The Morgan fingerprint density at radius 2 is 1.26 bits per heavy atom. The lowest BCUT2D eigenvalue weighted by atomic mass is 10.0. The van der Waals surface area contributed by atoms with Crippen LogP contribution in [0.3, 0.4) is 0 Å². The van der Waals surface area contributed by atoms with E-state index < -0.39 is 6.04 Å². The Hall–Kier alpha value is -3.70. The molecule has 0 aromatic heterocycles. The van der Waals surface area contributed by atoms with Gasteiger partial charge in [0.05, 0.1) is 0 Å². The van der Waals surface area contributed by atoms with Crippen LogP contribution in [0.15, 0.2) is 84.9 Å². The van der Waals surface area contributed by atoms with Crippen LogP contribution >= 0.6 is 0 Å². The normalized spacial score (nSPS) is 19.1. The van der Waals surface area contributed by atoms with Gasteiger partial charge < -0.3 is 9.80 Å². The van der Waals surface area contributed by atoms with Crippen molar-refractivity contribution in [1.29, 1.82) is 0 Å². The summed E-state index contributed by atoms with van der Waals surface area (Å²) in [7, 11) is 0. The van der Waals surface area contributed by atoms with E-state index in [0.29, 0.717) is 19.6 Å². The molecule has 5 heteroatoms. The lowest BCUT2D eigenvalue weighted by Gasteiger charge is -2.46. The minimum atomic E-state index is -0.417. The van der Waals surface area contributed by atoms with Gasteiger partial charge in [0.1, 0.15) is 12.6 Å². The van der Waals surface area contributed by atoms with E-state index in [0.717, 1.165) is 29.4 Å². The van der Waals surface area contributed by atoms with Gasteiger partial charge in [-0.1, -0.05) is 84.9 Å². The van der Waals surface area contributed by atoms with Gasteiger partial charge in [0.15, 0.2) is 0 Å². The van der Waals surface area contributed by atoms with Crippen molar-refractivity contribution >= 4 is 33.4 Å². The molecule has 0 aliphatic carbocycles. The van der Waals surface area contributed by atoms with Gasteiger partial charge in [-0.15, -0.1) is 0 Å². The van der Waals surface area contributed by atoms with Crippen molar-refractivity contribution in [3.05, 3.63) is 96.1 Å². The Balaban J connectivity index is 1.23. The van der Waals surface area contributed by atoms with Crippen LogP contribution < -0.4 is 0 Å². The predicted octanol–water partition coefficient (Wildman–Crippen LogP) is 4.05. The molecule has 0 radical (unpaired) electrons. The lowest BCUT2D eigenvalue weighted by molar-refractivity contribution is -0.160. The molecule has 0 spiro atoms. The summed E-state index contributed by atoms with van der Waals surface area (Å²) in [6, 6.07) is 28.7. The summed E-state index contributed by atoms with van der Waals surface area (Å²) in [4.78, 5) is 32.4. The van der Waals surface area contributed by atoms with E-state index in [1.54, 1.807) is 9.80 Å². The van der Waals surface area contributed by atoms with E-state index in [2.05, 4.69) is 71.6 Å². The van der Waals surface area contributed by atoms with E-state index in [9.17, 15) is 9.59 Å². The molecule has 4 aromatic rings. The summed E-state index contributed by atoms with van der Waals surface area (Å²) in [5.41, 5.74) is 2.34. The van der Waals surface area contributed by atoms with Crippen LogP contribution in [-0.4, -0.2) is 58.7 Å². The standard InChI is InChI=1S/C29H27N3O2/c33-28-20-31(18-24-12-6-10-22-8-2-4-14-26(22)24)29(34)27-19-30(15-16-32(27)28)17-23-11-5-9-21-7-1-3-13-25(21)23/h1-14,27H,15-20H2. The van der Waals surface area contributed by atoms with Crippen LogP contribution in [0.5, 0.6) is 0 Å². The maximum absolute atomic E-state index is 13.6. The molecule has 2 aliphatic rings. The van der Waals surface area contributed by atoms with Crippen LogP contribution in [0.2, 0.25) is 0 Å². The van der Waals surface area contributed by atoms with Crippen LogP contribution in [0, 0.1) is 0 Å². The number of carbonyl (C=O) groups excluding carboxylic acids is 2. The average Bonchev–Trinajstić information content (AvgIpc) is 2.87. The molecule has 170 valence electrons. The highest BCUT2D eigenvalue weighted by atomic mass is 16.2. The monoisotopic (exact) mass is 449 g/mol. The molecule has 1 unspecified atom stereocenters. The quantitative estimate of drug-likeness (QED) is 0.472. The van der Waals surface area contributed by atoms with E-state index in [1.165, 1.54) is 16.3 Å². The summed E-state index contributed by atoms with van der Waals surface area (Å²) >= 11 is 0. The molecule has 2 aliphatic heterocycles. The molecule has 0 bridgehead atoms. The topological polar surface area (TPSA) is 43.9 Å². The first-order chi connectivity index (χ1) is 16.7. The molecule has 5 nitrogen and oxygen atoms in total. The average molecular weight is 450 g/mol. The molecule has 1 atom stereocenters. The highest BCUT2D eigenvalue weighted by molar-refractivity contribution is 5.96. The van der Waals surface area contributed by atoms with Gasteiger partial charge in [-0.05, 0) is 32.7 Å². The van der Waals surface area contributed by atoms with Crippen molar-refractivity contribution in [2.75, 3.05) is 26.2 Å². The van der Waals surface area contributed by atoms with Crippen molar-refractivity contribution < 1.29 is 9.59 Å². The highest BCUT2D eigenvalue weighted by Gasteiger charge is 2.42. The first-order valence-corrected chi connectivity index (χ1v) is 11.9. The van der Waals surface area contributed by atoms with Gasteiger partial charge >= 0.3 is 0 Å². The Morgan fingerprint density at radius 1 is 0.676 bits per heavy atom. The van der Waals surface area contributed by atoms with Gasteiger partial charge in [-0.2, -0.15) is 0 Å². The maximum Gasteiger partial charge on any atom is 0.247 e. The Labute approximate surface area is 199 Å². The fraction of sp³-hybridized carbons (Fsp3) is 0.241. The van der Waals surface area contributed by atoms with Gasteiger partial charge in [-0.3, -0.25) is 14.5 Å². The number of amides is 2. The molecular formula is C29H27N3O2. The number of carbonyl (C=O) groups is 2. The molecule has 2 amide bonds. The number of nitrogens with zero attached hydrogens (tertiary/aromatic N) is 3. The van der Waals surface area contributed by atoms with Crippen LogP contribution in [0.1, 0.15) is 11.1 Å². The van der Waals surface area contributed by atoms with E-state index in [-0.39, 0.29) is 18.4 Å². The SMILES string of the molecule is O=C1C2CN(Cc3cccc4ccccc34)CCN2C(=O)CN1Cc1cccc2ccccc12. The summed E-state index contributed by atoms with van der Waals surface area (Å²) in [6.07, 6.45) is 0. The van der Waals surface area contributed by atoms with Crippen molar-refractivity contribution in [1.82, 2.24) is 14.7 Å². The van der Waals surface area contributed by atoms with Crippen LogP contribution in [0.4, 0.5) is 0 Å². The van der Waals surface area contributed by atoms with E-state index in [4.69, 9.17) is 0 Å². The second kappa shape index (κ2) is 8.58. The van der Waals surface area contributed by atoms with E-state index in [1.807, 2.05) is 18.2 Å². The zero-order valence-corrected chi connectivity index (χ0v) is 19.1. The van der Waals surface area contributed by atoms with Gasteiger partial charge in [0.25, 0.3) is 0 Å². The van der Waals surface area contributed by atoms with Crippen LogP contribution in [-0.2, 0) is 22.7 Å². The van der Waals surface area contributed by atoms with E-state index >= 15 is 0 Å². The third-order valence-electron chi connectivity index (χ3n) is 7.22. The van der Waals surface area contributed by atoms with Crippen molar-refractivity contribution in [3.63, 3.8) is 0 Å². The second-order valence-electron chi connectivity index (χ2n) is 9.31. The molecule has 6 rings (SSSR count). The zero-order chi connectivity index (χ0) is 23.1. The minimum absolute atomic E-state index is 0.0506. The largest absolute Gasteiger partial charge is 0.327 e. The van der Waals surface area contributed by atoms with Crippen LogP contribution in [0.25, 0.3) is 21.5 Å². The molecule has 0 N–H and O–H groups in total. The molecular weight excluding hydrogens is 422 g/mol. The smallest absolute Gasteiger partial charge is 0.247 e. The first kappa shape index (κ1) is 20.9. The van der Waals surface area contributed by atoms with Gasteiger partial charge in [-0.25, -0.2) is 0 Å². The minimum Gasteiger partial charge on any atom is -0.327 e. The fourth-order valence-corrected chi connectivity index (χ4v) is 5.48. The number of fused-ring (bicyclic) bond motifs is 3. The molecule has 0 saturated carbocycles. The number of piperazine rings is 2. The van der Waals surface area contributed by atoms with Crippen molar-refractivity contribution in [3.8, 4) is 0 Å². The highest BCUT2D eigenvalue weighted by Crippen LogP contribution is 2.26. The van der Waals surface area contributed by atoms with Gasteiger partial charge in [0.2, 0.25) is 11.8 Å². The number of hydrogen-bond acceptors (Lipinski definition) is 3. The molecule has 2 fully saturated rings. The molecule has 4 aromatic carbocycles. The number of hydrogen-bond donors (Lipinski definition) is 0. The second-order valence-corrected chi connectivity index (χ2v) is 9.31. The number of benzene rings is 4. The first-order valence-electron chi connectivity index (χ1n) is 11.9. The molecule has 34 heavy (non-hydrogen) atoms. The van der Waals surface area contributed by atoms with Gasteiger partial charge in [0, 0.05) is 32.7 Å². The third kappa shape index (κ3) is 3.72. The Kier molecular flexibility index (Phi) is 5.27. The Bertz CT molecular complexity index is 1390. The third-order valence-corrected chi connectivity index (χ3v) is 7.22. The molecule has 2 saturated heterocycles. The maximum atomic E-state index is 13.6. The molecule has 2 heterocycles. The summed E-state index contributed by atoms with van der Waals surface area (Å²) in [5.74, 6) is 0.102. The van der Waals surface area contributed by atoms with Crippen molar-refractivity contribution in [2.45, 2.75) is 19.1 Å².